The fourth-order valence-electron chi connectivity index (χ4n) is 3.94. The second-order valence-electron chi connectivity index (χ2n) is 9.45. The van der Waals surface area contributed by atoms with Gasteiger partial charge in [-0.05, 0) is 50.8 Å². The molecule has 1 aromatic rings. The number of carbonyl (C=O) groups is 3. The lowest BCUT2D eigenvalue weighted by atomic mass is 9.94. The summed E-state index contributed by atoms with van der Waals surface area (Å²) in [5.74, 6) is -0.607. The van der Waals surface area contributed by atoms with Gasteiger partial charge in [0.25, 0.3) is 0 Å². The highest BCUT2D eigenvalue weighted by atomic mass is 32.1. The molecule has 2 N–H and O–H groups in total. The van der Waals surface area contributed by atoms with Gasteiger partial charge in [-0.25, -0.2) is 4.79 Å². The normalized spacial score (nSPS) is 16.3. The van der Waals surface area contributed by atoms with Crippen LogP contribution in [0.15, 0.2) is 30.8 Å². The number of hydrogen-bond donors (Lipinski definition) is 3. The topological polar surface area (TPSA) is 87.7 Å². The van der Waals surface area contributed by atoms with Crippen molar-refractivity contribution in [3.63, 3.8) is 0 Å². The maximum Gasteiger partial charge on any atom is 0.408 e. The van der Waals surface area contributed by atoms with Gasteiger partial charge >= 0.3 is 6.09 Å². The van der Waals surface area contributed by atoms with E-state index in [0.29, 0.717) is 5.56 Å². The van der Waals surface area contributed by atoms with Crippen LogP contribution < -0.4 is 10.6 Å². The quantitative estimate of drug-likeness (QED) is 0.494. The van der Waals surface area contributed by atoms with E-state index in [9.17, 15) is 14.4 Å². The third kappa shape index (κ3) is 8.11. The van der Waals surface area contributed by atoms with Crippen LogP contribution in [0.5, 0.6) is 0 Å². The number of hydrogen-bond acceptors (Lipinski definition) is 5. The van der Waals surface area contributed by atoms with E-state index < -0.39 is 29.7 Å². The van der Waals surface area contributed by atoms with Crippen LogP contribution in [0, 0.1) is 0 Å². The van der Waals surface area contributed by atoms with Crippen LogP contribution in [-0.4, -0.2) is 53.3 Å². The molecule has 1 aliphatic rings. The summed E-state index contributed by atoms with van der Waals surface area (Å²) in [6.07, 6.45) is 6.19. The van der Waals surface area contributed by atoms with Crippen molar-refractivity contribution >= 4 is 36.6 Å². The van der Waals surface area contributed by atoms with Gasteiger partial charge in [0, 0.05) is 18.8 Å². The van der Waals surface area contributed by atoms with Gasteiger partial charge in [0.1, 0.15) is 17.7 Å². The second-order valence-corrected chi connectivity index (χ2v) is 9.82. The molecule has 3 amide bonds. The minimum absolute atomic E-state index is 0.0616. The molecule has 0 aromatic heterocycles. The number of thiol groups is 1. The van der Waals surface area contributed by atoms with Gasteiger partial charge in [-0.1, -0.05) is 50.1 Å². The SMILES string of the molecule is C=Cc1cccc(C(C(=O)NC2CCCCC2)N(C)C(=O)C(CS)NC(=O)OC(C)(C)C)c1. The molecule has 1 fully saturated rings. The molecule has 7 nitrogen and oxygen atoms in total. The van der Waals surface area contributed by atoms with Gasteiger partial charge < -0.3 is 20.3 Å². The van der Waals surface area contributed by atoms with E-state index in [-0.39, 0.29) is 17.7 Å². The summed E-state index contributed by atoms with van der Waals surface area (Å²) in [5, 5.41) is 5.71. The number of benzene rings is 1. The molecule has 1 saturated carbocycles. The Hall–Kier alpha value is -2.48. The molecule has 0 heterocycles. The average molecular weight is 476 g/mol. The lowest BCUT2D eigenvalue weighted by molar-refractivity contribution is -0.140. The molecule has 8 heteroatoms. The Morgan fingerprint density at radius 3 is 2.48 bits per heavy atom. The van der Waals surface area contributed by atoms with Crippen molar-refractivity contribution in [1.82, 2.24) is 15.5 Å². The van der Waals surface area contributed by atoms with Crippen molar-refractivity contribution in [1.29, 1.82) is 0 Å². The first kappa shape index (κ1) is 26.8. The Bertz CT molecular complexity index is 846. The summed E-state index contributed by atoms with van der Waals surface area (Å²) in [6.45, 7) is 9.03. The van der Waals surface area contributed by atoms with Gasteiger partial charge in [-0.15, -0.1) is 0 Å². The number of carbonyl (C=O) groups excluding carboxylic acids is 3. The van der Waals surface area contributed by atoms with Crippen LogP contribution in [0.4, 0.5) is 4.79 Å². The standard InChI is InChI=1S/C25H37N3O4S/c1-6-17-11-10-12-18(15-17)21(22(29)26-19-13-8-7-9-14-19)28(5)23(30)20(16-33)27-24(31)32-25(2,3)4/h6,10-12,15,19-21,33H,1,7-9,13-14,16H2,2-5H3,(H,26,29)(H,27,31). The first-order valence-electron chi connectivity index (χ1n) is 11.5. The highest BCUT2D eigenvalue weighted by Gasteiger charge is 2.34. The molecule has 0 saturated heterocycles. The molecule has 0 spiro atoms. The highest BCUT2D eigenvalue weighted by molar-refractivity contribution is 7.80. The Morgan fingerprint density at radius 2 is 1.91 bits per heavy atom. The van der Waals surface area contributed by atoms with Crippen molar-refractivity contribution in [3.8, 4) is 0 Å². The molecule has 182 valence electrons. The van der Waals surface area contributed by atoms with Gasteiger partial charge in [-0.3, -0.25) is 9.59 Å². The number of nitrogens with zero attached hydrogens (tertiary/aromatic N) is 1. The van der Waals surface area contributed by atoms with E-state index in [1.807, 2.05) is 24.3 Å². The first-order chi connectivity index (χ1) is 15.6. The number of ether oxygens (including phenoxy) is 1. The molecular weight excluding hydrogens is 438 g/mol. The molecule has 1 aliphatic carbocycles. The summed E-state index contributed by atoms with van der Waals surface area (Å²) in [4.78, 5) is 40.4. The van der Waals surface area contributed by atoms with Crippen LogP contribution in [-0.2, 0) is 14.3 Å². The van der Waals surface area contributed by atoms with Gasteiger partial charge in [0.05, 0.1) is 0 Å². The smallest absolute Gasteiger partial charge is 0.408 e. The molecule has 2 rings (SSSR count). The molecule has 0 aliphatic heterocycles. The average Bonchev–Trinajstić information content (AvgIpc) is 2.76. The number of alkyl carbamates (subject to hydrolysis) is 1. The van der Waals surface area contributed by atoms with Crippen LogP contribution in [0.2, 0.25) is 0 Å². The van der Waals surface area contributed by atoms with Crippen molar-refractivity contribution in [2.75, 3.05) is 12.8 Å². The summed E-state index contributed by atoms with van der Waals surface area (Å²) in [6, 6.07) is 5.68. The Labute approximate surface area is 202 Å². The maximum atomic E-state index is 13.4. The van der Waals surface area contributed by atoms with E-state index >= 15 is 0 Å². The molecule has 0 radical (unpaired) electrons. The maximum absolute atomic E-state index is 13.4. The summed E-state index contributed by atoms with van der Waals surface area (Å²) in [7, 11) is 1.57. The van der Waals surface area contributed by atoms with E-state index in [0.717, 1.165) is 31.2 Å². The first-order valence-corrected chi connectivity index (χ1v) is 12.1. The number of nitrogens with one attached hydrogen (secondary N) is 2. The van der Waals surface area contributed by atoms with Gasteiger partial charge in [0.15, 0.2) is 0 Å². The zero-order valence-electron chi connectivity index (χ0n) is 20.1. The van der Waals surface area contributed by atoms with Gasteiger partial charge in [-0.2, -0.15) is 12.6 Å². The molecule has 1 aromatic carbocycles. The Kier molecular flexibility index (Phi) is 9.83. The summed E-state index contributed by atoms with van der Waals surface area (Å²) >= 11 is 4.25. The van der Waals surface area contributed by atoms with Crippen molar-refractivity contribution in [2.45, 2.75) is 76.6 Å². The zero-order chi connectivity index (χ0) is 24.6. The number of likely N-dealkylation sites (N-methyl/N-ethyl adjacent to an activating group) is 1. The minimum atomic E-state index is -0.944. The Morgan fingerprint density at radius 1 is 1.24 bits per heavy atom. The monoisotopic (exact) mass is 475 g/mol. The highest BCUT2D eigenvalue weighted by Crippen LogP contribution is 2.25. The van der Waals surface area contributed by atoms with Crippen LogP contribution in [0.25, 0.3) is 6.08 Å². The molecule has 2 unspecified atom stereocenters. The fourth-order valence-corrected chi connectivity index (χ4v) is 4.19. The lowest BCUT2D eigenvalue weighted by Crippen LogP contribution is -2.53. The number of rotatable bonds is 8. The minimum Gasteiger partial charge on any atom is -0.444 e. The summed E-state index contributed by atoms with van der Waals surface area (Å²) < 4.78 is 5.28. The van der Waals surface area contributed by atoms with Crippen LogP contribution >= 0.6 is 12.6 Å². The van der Waals surface area contributed by atoms with Crippen molar-refractivity contribution < 1.29 is 19.1 Å². The number of amides is 3. The molecule has 2 atom stereocenters. The zero-order valence-corrected chi connectivity index (χ0v) is 21.0. The lowest BCUT2D eigenvalue weighted by Gasteiger charge is -2.33. The third-order valence-corrected chi connectivity index (χ3v) is 5.93. The van der Waals surface area contributed by atoms with E-state index in [4.69, 9.17) is 4.74 Å². The molecule has 33 heavy (non-hydrogen) atoms. The van der Waals surface area contributed by atoms with Gasteiger partial charge in [0.2, 0.25) is 11.8 Å². The molecular formula is C25H37N3O4S. The summed E-state index contributed by atoms with van der Waals surface area (Å²) in [5.41, 5.74) is 0.821. The van der Waals surface area contributed by atoms with Crippen molar-refractivity contribution in [3.05, 3.63) is 42.0 Å². The third-order valence-electron chi connectivity index (χ3n) is 5.57. The fraction of sp³-hybridized carbons (Fsp3) is 0.560. The largest absolute Gasteiger partial charge is 0.444 e. The van der Waals surface area contributed by atoms with E-state index in [1.165, 1.54) is 11.3 Å². The van der Waals surface area contributed by atoms with E-state index in [1.54, 1.807) is 33.9 Å². The van der Waals surface area contributed by atoms with Crippen molar-refractivity contribution in [2.24, 2.45) is 0 Å². The predicted molar refractivity (Wildman–Crippen MR) is 134 cm³/mol. The van der Waals surface area contributed by atoms with E-state index in [2.05, 4.69) is 29.8 Å². The van der Waals surface area contributed by atoms with Crippen LogP contribution in [0.1, 0.15) is 70.0 Å². The molecule has 0 bridgehead atoms. The van der Waals surface area contributed by atoms with Crippen LogP contribution in [0.3, 0.4) is 0 Å². The Balaban J connectivity index is 2.27. The predicted octanol–water partition coefficient (Wildman–Crippen LogP) is 4.10. The second kappa shape index (κ2) is 12.1.